The highest BCUT2D eigenvalue weighted by molar-refractivity contribution is 6.30. The summed E-state index contributed by atoms with van der Waals surface area (Å²) in [7, 11) is 1.55. The van der Waals surface area contributed by atoms with E-state index in [9.17, 15) is 14.9 Å². The van der Waals surface area contributed by atoms with Crippen LogP contribution in [0, 0.1) is 10.1 Å². The van der Waals surface area contributed by atoms with Gasteiger partial charge in [-0.05, 0) is 36.4 Å². The van der Waals surface area contributed by atoms with Crippen LogP contribution in [0.3, 0.4) is 0 Å². The lowest BCUT2D eigenvalue weighted by atomic mass is 10.1. The number of rotatable bonds is 6. The van der Waals surface area contributed by atoms with Crippen LogP contribution in [-0.2, 0) is 11.3 Å². The molecule has 0 unspecified atom stereocenters. The number of nitrogens with zero attached hydrogens (tertiary/aromatic N) is 3. The van der Waals surface area contributed by atoms with Gasteiger partial charge >= 0.3 is 5.97 Å². The summed E-state index contributed by atoms with van der Waals surface area (Å²) in [6, 6.07) is 10.8. The summed E-state index contributed by atoms with van der Waals surface area (Å²) >= 11 is 5.83. The second-order valence-corrected chi connectivity index (χ2v) is 5.76. The molecule has 10 heteroatoms. The molecule has 0 aliphatic carbocycles. The number of hydrogen-bond donors (Lipinski definition) is 1. The first-order valence-corrected chi connectivity index (χ1v) is 8.07. The molecule has 27 heavy (non-hydrogen) atoms. The van der Waals surface area contributed by atoms with Crippen molar-refractivity contribution in [2.45, 2.75) is 6.61 Å². The Hall–Kier alpha value is -3.46. The lowest BCUT2D eigenvalue weighted by Gasteiger charge is -2.05. The van der Waals surface area contributed by atoms with E-state index in [-0.39, 0.29) is 29.6 Å². The number of aromatic nitrogens is 2. The molecule has 0 atom stereocenters. The summed E-state index contributed by atoms with van der Waals surface area (Å²) in [5.74, 6) is -0.395. The molecule has 9 nitrogen and oxygen atoms in total. The van der Waals surface area contributed by atoms with E-state index < -0.39 is 10.9 Å². The number of anilines is 1. The van der Waals surface area contributed by atoms with Crippen LogP contribution in [0.1, 0.15) is 16.2 Å². The highest BCUT2D eigenvalue weighted by Gasteiger charge is 2.18. The van der Waals surface area contributed by atoms with Gasteiger partial charge < -0.3 is 14.5 Å². The fraction of sp³-hybridized carbons (Fsp3) is 0.118. The molecular weight excluding hydrogens is 376 g/mol. The summed E-state index contributed by atoms with van der Waals surface area (Å²) < 4.78 is 10.5. The average Bonchev–Trinajstić information content (AvgIpc) is 3.15. The summed E-state index contributed by atoms with van der Waals surface area (Å²) in [6.45, 7) is -0.263. The zero-order valence-corrected chi connectivity index (χ0v) is 14.8. The van der Waals surface area contributed by atoms with Crippen molar-refractivity contribution in [1.29, 1.82) is 0 Å². The molecule has 1 aromatic heterocycles. The van der Waals surface area contributed by atoms with Crippen molar-refractivity contribution in [3.8, 4) is 11.5 Å². The number of nitrogens with one attached hydrogen (secondary N) is 1. The molecule has 0 saturated heterocycles. The molecule has 0 amide bonds. The van der Waals surface area contributed by atoms with E-state index in [0.29, 0.717) is 16.3 Å². The second-order valence-electron chi connectivity index (χ2n) is 5.32. The van der Waals surface area contributed by atoms with Gasteiger partial charge in [-0.15, -0.1) is 10.2 Å². The Labute approximate surface area is 158 Å². The number of nitro groups is 1. The van der Waals surface area contributed by atoms with Crippen LogP contribution >= 0.6 is 11.6 Å². The van der Waals surface area contributed by atoms with Gasteiger partial charge in [0.2, 0.25) is 5.89 Å². The third kappa shape index (κ3) is 4.21. The maximum atomic E-state index is 12.1. The number of benzene rings is 2. The molecule has 1 heterocycles. The first-order chi connectivity index (χ1) is 13.0. The Morgan fingerprint density at radius 1 is 1.26 bits per heavy atom. The molecule has 0 bridgehead atoms. The molecule has 0 aliphatic rings. The van der Waals surface area contributed by atoms with Gasteiger partial charge in [-0.2, -0.15) is 0 Å². The summed E-state index contributed by atoms with van der Waals surface area (Å²) in [5, 5.41) is 22.0. The van der Waals surface area contributed by atoms with Crippen LogP contribution in [0.5, 0.6) is 0 Å². The zero-order valence-electron chi connectivity index (χ0n) is 14.0. The van der Waals surface area contributed by atoms with Crippen LogP contribution < -0.4 is 5.32 Å². The van der Waals surface area contributed by atoms with Gasteiger partial charge in [0.25, 0.3) is 11.6 Å². The molecule has 0 aliphatic heterocycles. The van der Waals surface area contributed by atoms with E-state index in [1.165, 1.54) is 12.1 Å². The van der Waals surface area contributed by atoms with Gasteiger partial charge in [0.1, 0.15) is 5.69 Å². The predicted octanol–water partition coefficient (Wildman–Crippen LogP) is 3.70. The van der Waals surface area contributed by atoms with Crippen molar-refractivity contribution < 1.29 is 18.9 Å². The van der Waals surface area contributed by atoms with E-state index in [4.69, 9.17) is 20.8 Å². The standard InChI is InChI=1S/C17H13ClN4O5/c1-19-13-7-4-11(8-14(13)22(24)25)17(23)26-9-15-20-21-16(27-15)10-2-5-12(18)6-3-10/h2-8,19H,9H2,1H3. The number of nitro benzene ring substituents is 1. The first kappa shape index (κ1) is 18.3. The first-order valence-electron chi connectivity index (χ1n) is 7.69. The van der Waals surface area contributed by atoms with Crippen molar-refractivity contribution in [2.24, 2.45) is 0 Å². The summed E-state index contributed by atoms with van der Waals surface area (Å²) in [6.07, 6.45) is 0. The fourth-order valence-corrected chi connectivity index (χ4v) is 2.38. The normalized spacial score (nSPS) is 10.4. The molecule has 138 valence electrons. The molecule has 2 aromatic carbocycles. The minimum atomic E-state index is -0.744. The van der Waals surface area contributed by atoms with Gasteiger partial charge in [-0.25, -0.2) is 4.79 Å². The number of halogens is 1. The number of esters is 1. The topological polar surface area (TPSA) is 120 Å². The molecule has 3 aromatic rings. The van der Waals surface area contributed by atoms with Crippen molar-refractivity contribution in [2.75, 3.05) is 12.4 Å². The SMILES string of the molecule is CNc1ccc(C(=O)OCc2nnc(-c3ccc(Cl)cc3)o2)cc1[N+](=O)[O-]. The Morgan fingerprint density at radius 2 is 2.00 bits per heavy atom. The van der Waals surface area contributed by atoms with Crippen LogP contribution in [0.2, 0.25) is 5.02 Å². The van der Waals surface area contributed by atoms with E-state index >= 15 is 0 Å². The van der Waals surface area contributed by atoms with Crippen LogP contribution in [0.25, 0.3) is 11.5 Å². The van der Waals surface area contributed by atoms with Gasteiger partial charge in [0.15, 0.2) is 6.61 Å². The molecule has 0 fully saturated rings. The Morgan fingerprint density at radius 3 is 2.67 bits per heavy atom. The highest BCUT2D eigenvalue weighted by Crippen LogP contribution is 2.25. The quantitative estimate of drug-likeness (QED) is 0.385. The van der Waals surface area contributed by atoms with Gasteiger partial charge in [0, 0.05) is 23.7 Å². The van der Waals surface area contributed by atoms with E-state index in [1.807, 2.05) is 0 Å². The molecule has 1 N–H and O–H groups in total. The number of carbonyl (C=O) groups is 1. The number of carbonyl (C=O) groups excluding carboxylic acids is 1. The lowest BCUT2D eigenvalue weighted by Crippen LogP contribution is -2.07. The largest absolute Gasteiger partial charge is 0.452 e. The number of hydrogen-bond acceptors (Lipinski definition) is 8. The molecule has 0 radical (unpaired) electrons. The molecule has 0 spiro atoms. The summed E-state index contributed by atoms with van der Waals surface area (Å²) in [4.78, 5) is 22.6. The Bertz CT molecular complexity index is 987. The fourth-order valence-electron chi connectivity index (χ4n) is 2.25. The smallest absolute Gasteiger partial charge is 0.338 e. The average molecular weight is 389 g/mol. The minimum Gasteiger partial charge on any atom is -0.452 e. The van der Waals surface area contributed by atoms with Gasteiger partial charge in [0.05, 0.1) is 10.5 Å². The van der Waals surface area contributed by atoms with E-state index in [2.05, 4.69) is 15.5 Å². The van der Waals surface area contributed by atoms with E-state index in [1.54, 1.807) is 31.3 Å². The Kier molecular flexibility index (Phi) is 5.32. The summed E-state index contributed by atoms with van der Waals surface area (Å²) in [5.41, 5.74) is 0.775. The van der Waals surface area contributed by atoms with Crippen LogP contribution in [-0.4, -0.2) is 28.1 Å². The van der Waals surface area contributed by atoms with Crippen molar-refractivity contribution in [1.82, 2.24) is 10.2 Å². The number of ether oxygens (including phenoxy) is 1. The predicted molar refractivity (Wildman–Crippen MR) is 96.5 cm³/mol. The zero-order chi connectivity index (χ0) is 19.4. The van der Waals surface area contributed by atoms with Crippen molar-refractivity contribution in [3.63, 3.8) is 0 Å². The third-order valence-corrected chi connectivity index (χ3v) is 3.84. The van der Waals surface area contributed by atoms with Crippen LogP contribution in [0.15, 0.2) is 46.9 Å². The monoisotopic (exact) mass is 388 g/mol. The molecular formula is C17H13ClN4O5. The minimum absolute atomic E-state index is 0.0399. The second kappa shape index (κ2) is 7.83. The third-order valence-electron chi connectivity index (χ3n) is 3.58. The highest BCUT2D eigenvalue weighted by atomic mass is 35.5. The van der Waals surface area contributed by atoms with Gasteiger partial charge in [-0.1, -0.05) is 11.6 Å². The molecule has 3 rings (SSSR count). The maximum absolute atomic E-state index is 12.1. The van der Waals surface area contributed by atoms with Gasteiger partial charge in [-0.3, -0.25) is 10.1 Å². The van der Waals surface area contributed by atoms with E-state index in [0.717, 1.165) is 6.07 Å². The Balaban J connectivity index is 1.68. The lowest BCUT2D eigenvalue weighted by molar-refractivity contribution is -0.384. The maximum Gasteiger partial charge on any atom is 0.338 e. The molecule has 0 saturated carbocycles. The van der Waals surface area contributed by atoms with Crippen molar-refractivity contribution in [3.05, 3.63) is 69.1 Å². The van der Waals surface area contributed by atoms with Crippen molar-refractivity contribution >= 4 is 28.9 Å². The van der Waals surface area contributed by atoms with Crippen LogP contribution in [0.4, 0.5) is 11.4 Å².